The van der Waals surface area contributed by atoms with Crippen molar-refractivity contribution in [1.29, 1.82) is 5.26 Å². The van der Waals surface area contributed by atoms with Crippen LogP contribution in [0.3, 0.4) is 0 Å². The van der Waals surface area contributed by atoms with Crippen molar-refractivity contribution in [1.82, 2.24) is 25.0 Å². The van der Waals surface area contributed by atoms with E-state index in [1.165, 1.54) is 23.1 Å². The number of fused-ring (bicyclic) bond motifs is 1. The minimum Gasteiger partial charge on any atom is -0.381 e. The Morgan fingerprint density at radius 3 is 2.70 bits per heavy atom. The minimum atomic E-state index is -2.59. The van der Waals surface area contributed by atoms with E-state index in [1.54, 1.807) is 19.1 Å². The van der Waals surface area contributed by atoms with E-state index < -0.39 is 24.0 Å². The number of nitrogens with zero attached hydrogens (tertiary/aromatic N) is 6. The molecule has 43 heavy (non-hydrogen) atoms. The summed E-state index contributed by atoms with van der Waals surface area (Å²) >= 11 is 6.75. The third-order valence-electron chi connectivity index (χ3n) is 8.48. The number of nitriles is 1. The van der Waals surface area contributed by atoms with Gasteiger partial charge in [-0.05, 0) is 44.4 Å². The normalized spacial score (nSPS) is 19.7. The zero-order valence-electron chi connectivity index (χ0n) is 23.8. The number of hydrogen-bond acceptors (Lipinski definition) is 8. The first kappa shape index (κ1) is 29.1. The summed E-state index contributed by atoms with van der Waals surface area (Å²) in [4.78, 5) is 8.43. The first-order chi connectivity index (χ1) is 20.5. The van der Waals surface area contributed by atoms with Crippen molar-refractivity contribution >= 4 is 33.9 Å². The van der Waals surface area contributed by atoms with E-state index in [1.807, 2.05) is 6.07 Å². The molecule has 4 aromatic rings. The molecule has 1 aromatic carbocycles. The predicted molar refractivity (Wildman–Crippen MR) is 156 cm³/mol. The first-order valence-corrected chi connectivity index (χ1v) is 14.4. The lowest BCUT2D eigenvalue weighted by Crippen LogP contribution is -2.44. The van der Waals surface area contributed by atoms with Crippen LogP contribution in [0.1, 0.15) is 61.7 Å². The highest BCUT2D eigenvalue weighted by atomic mass is 35.5. The molecule has 2 aliphatic rings. The van der Waals surface area contributed by atoms with Crippen LogP contribution in [0.5, 0.6) is 0 Å². The molecule has 1 saturated heterocycles. The van der Waals surface area contributed by atoms with E-state index >= 15 is 0 Å². The van der Waals surface area contributed by atoms with Crippen LogP contribution in [-0.2, 0) is 10.3 Å². The zero-order valence-corrected chi connectivity index (χ0v) is 24.6. The molecule has 4 heterocycles. The average molecular weight is 611 g/mol. The molecule has 0 amide bonds. The van der Waals surface area contributed by atoms with Crippen molar-refractivity contribution in [3.05, 3.63) is 70.1 Å². The fraction of sp³-hybridized carbons (Fsp3) is 0.433. The Morgan fingerprint density at radius 1 is 1.23 bits per heavy atom. The number of aromatic nitrogens is 5. The van der Waals surface area contributed by atoms with Crippen LogP contribution in [0.4, 0.5) is 24.5 Å². The molecule has 0 radical (unpaired) electrons. The molecule has 9 nitrogen and oxygen atoms in total. The Balaban J connectivity index is 1.44. The van der Waals surface area contributed by atoms with Crippen LogP contribution in [0.15, 0.2) is 36.7 Å². The molecule has 6 rings (SSSR count). The smallest absolute Gasteiger partial charge is 0.263 e. The van der Waals surface area contributed by atoms with Crippen molar-refractivity contribution in [2.75, 3.05) is 23.8 Å². The second-order valence-corrected chi connectivity index (χ2v) is 12.3. The van der Waals surface area contributed by atoms with Crippen LogP contribution in [0, 0.1) is 29.6 Å². The van der Waals surface area contributed by atoms with E-state index in [0.717, 1.165) is 6.42 Å². The molecule has 1 saturated carbocycles. The predicted octanol–water partition coefficient (Wildman–Crippen LogP) is 6.38. The molecule has 3 aromatic heterocycles. The van der Waals surface area contributed by atoms with Gasteiger partial charge in [0.2, 0.25) is 5.95 Å². The van der Waals surface area contributed by atoms with Gasteiger partial charge in [-0.15, -0.1) is 5.10 Å². The number of alkyl halides is 2. The van der Waals surface area contributed by atoms with Crippen molar-refractivity contribution in [2.24, 2.45) is 5.41 Å². The summed E-state index contributed by atoms with van der Waals surface area (Å²) in [5, 5.41) is 26.2. The molecular weight excluding hydrogens is 581 g/mol. The van der Waals surface area contributed by atoms with Crippen LogP contribution in [0.2, 0.25) is 5.02 Å². The topological polar surface area (TPSA) is 114 Å². The van der Waals surface area contributed by atoms with E-state index in [0.29, 0.717) is 75.9 Å². The van der Waals surface area contributed by atoms with Gasteiger partial charge in [-0.25, -0.2) is 18.4 Å². The van der Waals surface area contributed by atoms with Gasteiger partial charge in [-0.1, -0.05) is 36.7 Å². The van der Waals surface area contributed by atoms with E-state index in [-0.39, 0.29) is 11.5 Å². The molecule has 2 atom stereocenters. The van der Waals surface area contributed by atoms with E-state index in [4.69, 9.17) is 16.3 Å². The molecule has 0 spiro atoms. The van der Waals surface area contributed by atoms with Gasteiger partial charge in [-0.2, -0.15) is 9.65 Å². The SMILES string of the molecule is Cc1nc(F)ccc1C(Nc1cc(Cl)c2ncc(C#N)c(N[C@H]3CCOCC3(C)C)c2c1)c1cn(C2(C(F)F)CC2)nn1. The third-order valence-corrected chi connectivity index (χ3v) is 8.77. The van der Waals surface area contributed by atoms with Crippen molar-refractivity contribution in [3.8, 4) is 6.07 Å². The number of ether oxygens (including phenoxy) is 1. The number of rotatable bonds is 8. The number of benzene rings is 1. The van der Waals surface area contributed by atoms with Gasteiger partial charge in [0.1, 0.15) is 17.3 Å². The number of nitrogens with one attached hydrogen (secondary N) is 2. The molecule has 2 fully saturated rings. The number of hydrogen-bond donors (Lipinski definition) is 2. The molecule has 0 bridgehead atoms. The lowest BCUT2D eigenvalue weighted by atomic mass is 9.81. The lowest BCUT2D eigenvalue weighted by Gasteiger charge is -2.39. The summed E-state index contributed by atoms with van der Waals surface area (Å²) in [5.74, 6) is -0.645. The first-order valence-electron chi connectivity index (χ1n) is 14.0. The van der Waals surface area contributed by atoms with E-state index in [9.17, 15) is 18.4 Å². The fourth-order valence-electron chi connectivity index (χ4n) is 5.68. The molecule has 1 aliphatic heterocycles. The molecule has 2 N–H and O–H groups in total. The van der Waals surface area contributed by atoms with Crippen molar-refractivity contribution in [2.45, 2.75) is 64.1 Å². The van der Waals surface area contributed by atoms with Crippen LogP contribution < -0.4 is 10.6 Å². The monoisotopic (exact) mass is 610 g/mol. The Morgan fingerprint density at radius 2 is 2.02 bits per heavy atom. The highest BCUT2D eigenvalue weighted by Crippen LogP contribution is 2.48. The summed E-state index contributed by atoms with van der Waals surface area (Å²) in [6.45, 7) is 7.04. The fourth-order valence-corrected chi connectivity index (χ4v) is 5.95. The van der Waals surface area contributed by atoms with Gasteiger partial charge in [0, 0.05) is 46.6 Å². The summed E-state index contributed by atoms with van der Waals surface area (Å²) in [6, 6.07) is 7.85. The summed E-state index contributed by atoms with van der Waals surface area (Å²) in [6.07, 6.45) is 1.77. The molecule has 13 heteroatoms. The van der Waals surface area contributed by atoms with Crippen LogP contribution >= 0.6 is 11.6 Å². The molecule has 1 unspecified atom stereocenters. The Kier molecular flexibility index (Phi) is 7.42. The summed E-state index contributed by atoms with van der Waals surface area (Å²) in [5.41, 5.74) is 1.79. The van der Waals surface area contributed by atoms with Crippen LogP contribution in [-0.4, -0.2) is 50.6 Å². The van der Waals surface area contributed by atoms with Gasteiger partial charge in [0.15, 0.2) is 0 Å². The number of anilines is 2. The number of halogens is 4. The van der Waals surface area contributed by atoms with Gasteiger partial charge in [0.05, 0.1) is 40.6 Å². The van der Waals surface area contributed by atoms with Gasteiger partial charge >= 0.3 is 0 Å². The highest BCUT2D eigenvalue weighted by molar-refractivity contribution is 6.35. The Hall–Kier alpha value is -3.95. The molecule has 1 aliphatic carbocycles. The average Bonchev–Trinajstić information content (AvgIpc) is 3.63. The minimum absolute atomic E-state index is 0.0228. The second kappa shape index (κ2) is 11.0. The maximum atomic E-state index is 14.0. The quantitative estimate of drug-likeness (QED) is 0.221. The van der Waals surface area contributed by atoms with Gasteiger partial charge in [-0.3, -0.25) is 4.98 Å². The Bertz CT molecular complexity index is 1730. The van der Waals surface area contributed by atoms with Crippen molar-refractivity contribution in [3.63, 3.8) is 0 Å². The zero-order chi connectivity index (χ0) is 30.5. The van der Waals surface area contributed by atoms with Gasteiger partial charge < -0.3 is 15.4 Å². The van der Waals surface area contributed by atoms with Crippen molar-refractivity contribution < 1.29 is 17.9 Å². The van der Waals surface area contributed by atoms with E-state index in [2.05, 4.69) is 50.8 Å². The maximum absolute atomic E-state index is 14.0. The largest absolute Gasteiger partial charge is 0.381 e. The van der Waals surface area contributed by atoms with Crippen LogP contribution in [0.25, 0.3) is 10.9 Å². The lowest BCUT2D eigenvalue weighted by molar-refractivity contribution is 0.00350. The second-order valence-electron chi connectivity index (χ2n) is 11.9. The van der Waals surface area contributed by atoms with Gasteiger partial charge in [0.25, 0.3) is 6.43 Å². The number of aryl methyl sites for hydroxylation is 1. The standard InChI is InChI=1S/C30H30ClF3N8O/c1-16-19(4-5-24(32)37-16)27(22-14-42(41-40-22)30(7-8-30)28(33)34)38-18-10-20-25(39-23-6-9-43-15-29(23,2)3)17(12-35)13-36-26(20)21(31)11-18/h4-5,10-11,13-14,23,27-28,38H,6-9,15H2,1-3H3,(H,36,39)/t23-,27?/m0/s1. The molecular formula is C30H30ClF3N8O. The Labute approximate surface area is 251 Å². The molecule has 224 valence electrons. The summed E-state index contributed by atoms with van der Waals surface area (Å²) < 4.78 is 48.6. The number of pyridine rings is 2. The highest BCUT2D eigenvalue weighted by Gasteiger charge is 2.54. The third kappa shape index (κ3) is 5.36. The summed E-state index contributed by atoms with van der Waals surface area (Å²) in [7, 11) is 0. The maximum Gasteiger partial charge on any atom is 0.263 e.